The highest BCUT2D eigenvalue weighted by Crippen LogP contribution is 2.26. The van der Waals surface area contributed by atoms with Crippen molar-refractivity contribution in [3.05, 3.63) is 35.3 Å². The minimum Gasteiger partial charge on any atom is -0.462 e. The molecule has 2 aromatic rings. The second-order valence-electron chi connectivity index (χ2n) is 4.33. The van der Waals surface area contributed by atoms with E-state index in [2.05, 4.69) is 10.1 Å². The van der Waals surface area contributed by atoms with Gasteiger partial charge in [-0.25, -0.2) is 9.78 Å². The van der Waals surface area contributed by atoms with E-state index in [1.165, 1.54) is 6.20 Å². The van der Waals surface area contributed by atoms with Crippen molar-refractivity contribution in [3.63, 3.8) is 0 Å². The number of carbonyl (C=O) groups is 1. The van der Waals surface area contributed by atoms with Crippen LogP contribution in [0, 0.1) is 13.8 Å². The lowest BCUT2D eigenvalue weighted by Gasteiger charge is -2.06. The van der Waals surface area contributed by atoms with E-state index in [0.29, 0.717) is 23.8 Å². The monoisotopic (exact) mass is 275 g/mol. The highest BCUT2D eigenvalue weighted by Gasteiger charge is 2.13. The molecule has 6 heteroatoms. The maximum absolute atomic E-state index is 11.5. The molecular formula is C14H17N3O3. The lowest BCUT2D eigenvalue weighted by molar-refractivity contribution is 0.0526. The van der Waals surface area contributed by atoms with Crippen LogP contribution in [-0.2, 0) is 11.8 Å². The summed E-state index contributed by atoms with van der Waals surface area (Å²) in [6, 6.07) is 3.26. The zero-order chi connectivity index (χ0) is 14.7. The van der Waals surface area contributed by atoms with Gasteiger partial charge < -0.3 is 9.47 Å². The molecule has 0 aromatic carbocycles. The van der Waals surface area contributed by atoms with Crippen LogP contribution in [-0.4, -0.2) is 27.3 Å². The Morgan fingerprint density at radius 3 is 2.60 bits per heavy atom. The highest BCUT2D eigenvalue weighted by molar-refractivity contribution is 5.89. The summed E-state index contributed by atoms with van der Waals surface area (Å²) in [6.45, 7) is 5.89. The van der Waals surface area contributed by atoms with Gasteiger partial charge in [-0.15, -0.1) is 0 Å². The second-order valence-corrected chi connectivity index (χ2v) is 4.33. The van der Waals surface area contributed by atoms with Crippen molar-refractivity contribution in [2.24, 2.45) is 7.05 Å². The van der Waals surface area contributed by atoms with Crippen LogP contribution in [0.15, 0.2) is 18.3 Å². The van der Waals surface area contributed by atoms with Gasteiger partial charge in [0.15, 0.2) is 5.75 Å². The molecule has 0 N–H and O–H groups in total. The lowest BCUT2D eigenvalue weighted by atomic mass is 10.3. The van der Waals surface area contributed by atoms with Crippen molar-refractivity contribution in [3.8, 4) is 11.6 Å². The highest BCUT2D eigenvalue weighted by atomic mass is 16.5. The van der Waals surface area contributed by atoms with Crippen molar-refractivity contribution >= 4 is 5.97 Å². The fourth-order valence-corrected chi connectivity index (χ4v) is 1.78. The van der Waals surface area contributed by atoms with Crippen molar-refractivity contribution < 1.29 is 14.3 Å². The van der Waals surface area contributed by atoms with Gasteiger partial charge >= 0.3 is 5.97 Å². The molecule has 0 radical (unpaired) electrons. The number of nitrogens with zero attached hydrogens (tertiary/aromatic N) is 3. The Bertz CT molecular complexity index is 617. The Balaban J connectivity index is 2.17. The third-order valence-corrected chi connectivity index (χ3v) is 2.90. The number of ether oxygens (including phenoxy) is 2. The van der Waals surface area contributed by atoms with Crippen molar-refractivity contribution in [1.29, 1.82) is 0 Å². The maximum Gasteiger partial charge on any atom is 0.339 e. The molecule has 0 amide bonds. The topological polar surface area (TPSA) is 66.2 Å². The molecule has 0 aliphatic carbocycles. The van der Waals surface area contributed by atoms with E-state index in [1.54, 1.807) is 23.7 Å². The molecule has 106 valence electrons. The molecule has 0 aliphatic heterocycles. The number of aromatic nitrogens is 3. The predicted octanol–water partition coefficient (Wildman–Crippen LogP) is 2.40. The maximum atomic E-state index is 11.5. The normalized spacial score (nSPS) is 10.4. The standard InChI is InChI=1S/C14H17N3O3/c1-5-19-14(18)11-6-7-12(15-8-11)20-13-9(2)16-17(4)10(13)3/h6-8H,5H2,1-4H3. The Labute approximate surface area is 117 Å². The molecule has 0 atom stereocenters. The first-order chi connectivity index (χ1) is 9.52. The first-order valence-electron chi connectivity index (χ1n) is 6.34. The number of aryl methyl sites for hydroxylation is 2. The quantitative estimate of drug-likeness (QED) is 0.801. The van der Waals surface area contributed by atoms with E-state index in [9.17, 15) is 4.79 Å². The average molecular weight is 275 g/mol. The Hall–Kier alpha value is -2.37. The van der Waals surface area contributed by atoms with Crippen LogP contribution in [0.4, 0.5) is 0 Å². The SMILES string of the molecule is CCOC(=O)c1ccc(Oc2c(C)nn(C)c2C)nc1. The Kier molecular flexibility index (Phi) is 4.02. The van der Waals surface area contributed by atoms with Gasteiger partial charge in [-0.3, -0.25) is 4.68 Å². The summed E-state index contributed by atoms with van der Waals surface area (Å²) >= 11 is 0. The Morgan fingerprint density at radius 2 is 2.10 bits per heavy atom. The number of esters is 1. The molecule has 0 aliphatic rings. The fourth-order valence-electron chi connectivity index (χ4n) is 1.78. The fraction of sp³-hybridized carbons (Fsp3) is 0.357. The van der Waals surface area contributed by atoms with Crippen LogP contribution in [0.1, 0.15) is 28.7 Å². The van der Waals surface area contributed by atoms with Gasteiger partial charge in [0.25, 0.3) is 0 Å². The van der Waals surface area contributed by atoms with Gasteiger partial charge in [-0.1, -0.05) is 0 Å². The number of hydrogen-bond acceptors (Lipinski definition) is 5. The summed E-state index contributed by atoms with van der Waals surface area (Å²) in [5, 5.41) is 4.27. The predicted molar refractivity (Wildman–Crippen MR) is 72.9 cm³/mol. The van der Waals surface area contributed by atoms with Crippen LogP contribution < -0.4 is 4.74 Å². The molecule has 2 rings (SSSR count). The smallest absolute Gasteiger partial charge is 0.339 e. The third-order valence-electron chi connectivity index (χ3n) is 2.90. The van der Waals surface area contributed by atoms with Gasteiger partial charge in [0.1, 0.15) is 5.69 Å². The van der Waals surface area contributed by atoms with Gasteiger partial charge in [-0.2, -0.15) is 5.10 Å². The first kappa shape index (κ1) is 14.0. The molecule has 0 spiro atoms. The first-order valence-corrected chi connectivity index (χ1v) is 6.34. The molecule has 6 nitrogen and oxygen atoms in total. The summed E-state index contributed by atoms with van der Waals surface area (Å²) in [4.78, 5) is 15.6. The van der Waals surface area contributed by atoms with Crippen LogP contribution in [0.2, 0.25) is 0 Å². The zero-order valence-electron chi connectivity index (χ0n) is 12.0. The third kappa shape index (κ3) is 2.79. The second kappa shape index (κ2) is 5.73. The average Bonchev–Trinajstić information content (AvgIpc) is 2.66. The summed E-state index contributed by atoms with van der Waals surface area (Å²) < 4.78 is 12.4. The molecule has 0 saturated carbocycles. The summed E-state index contributed by atoms with van der Waals surface area (Å²) in [5.74, 6) is 0.710. The number of pyridine rings is 1. The van der Waals surface area contributed by atoms with Gasteiger partial charge in [0.2, 0.25) is 5.88 Å². The van der Waals surface area contributed by atoms with Crippen LogP contribution >= 0.6 is 0 Å². The van der Waals surface area contributed by atoms with E-state index in [4.69, 9.17) is 9.47 Å². The largest absolute Gasteiger partial charge is 0.462 e. The minimum absolute atomic E-state index is 0.338. The molecule has 20 heavy (non-hydrogen) atoms. The molecule has 2 aromatic heterocycles. The molecule has 0 saturated heterocycles. The van der Waals surface area contributed by atoms with Crippen LogP contribution in [0.5, 0.6) is 11.6 Å². The Morgan fingerprint density at radius 1 is 1.35 bits per heavy atom. The summed E-state index contributed by atoms with van der Waals surface area (Å²) in [6.07, 6.45) is 1.44. The van der Waals surface area contributed by atoms with Crippen molar-refractivity contribution in [1.82, 2.24) is 14.8 Å². The molecule has 2 heterocycles. The molecule has 0 bridgehead atoms. The molecule has 0 unspecified atom stereocenters. The van der Waals surface area contributed by atoms with Gasteiger partial charge in [-0.05, 0) is 26.8 Å². The number of carbonyl (C=O) groups excluding carboxylic acids is 1. The van der Waals surface area contributed by atoms with E-state index < -0.39 is 0 Å². The number of hydrogen-bond donors (Lipinski definition) is 0. The zero-order valence-corrected chi connectivity index (χ0v) is 12.0. The summed E-state index contributed by atoms with van der Waals surface area (Å²) in [7, 11) is 1.85. The molecule has 0 fully saturated rings. The lowest BCUT2D eigenvalue weighted by Crippen LogP contribution is -2.05. The minimum atomic E-state index is -0.389. The van der Waals surface area contributed by atoms with Crippen LogP contribution in [0.25, 0.3) is 0 Å². The summed E-state index contributed by atoms with van der Waals surface area (Å²) in [5.41, 5.74) is 2.11. The van der Waals surface area contributed by atoms with E-state index >= 15 is 0 Å². The van der Waals surface area contributed by atoms with Gasteiger partial charge in [0.05, 0.1) is 17.9 Å². The molecular weight excluding hydrogens is 258 g/mol. The van der Waals surface area contributed by atoms with Crippen molar-refractivity contribution in [2.75, 3.05) is 6.61 Å². The van der Waals surface area contributed by atoms with Gasteiger partial charge in [0, 0.05) is 19.3 Å². The van der Waals surface area contributed by atoms with E-state index in [0.717, 1.165) is 11.4 Å². The van der Waals surface area contributed by atoms with Crippen molar-refractivity contribution in [2.45, 2.75) is 20.8 Å². The van der Waals surface area contributed by atoms with E-state index in [1.807, 2.05) is 20.9 Å². The van der Waals surface area contributed by atoms with E-state index in [-0.39, 0.29) is 5.97 Å². The van der Waals surface area contributed by atoms with Crippen LogP contribution in [0.3, 0.4) is 0 Å². The number of rotatable bonds is 4.